The first-order valence-electron chi connectivity index (χ1n) is 7.08. The first-order chi connectivity index (χ1) is 8.65. The molecule has 0 amide bonds. The molecule has 2 rings (SSSR count). The monoisotopic (exact) mass is 268 g/mol. The summed E-state index contributed by atoms with van der Waals surface area (Å²) in [6, 6.07) is 0. The fraction of sp³-hybridized carbons (Fsp3) is 0.867. The molecule has 0 unspecified atom stereocenters. The van der Waals surface area contributed by atoms with E-state index in [2.05, 4.69) is 6.92 Å². The zero-order valence-corrected chi connectivity index (χ0v) is 12.2. The van der Waals surface area contributed by atoms with E-state index in [1.165, 1.54) is 0 Å². The van der Waals surface area contributed by atoms with Crippen molar-refractivity contribution >= 4 is 11.8 Å². The third kappa shape index (κ3) is 2.55. The third-order valence-corrected chi connectivity index (χ3v) is 4.74. The molecule has 108 valence electrons. The Morgan fingerprint density at radius 2 is 2.00 bits per heavy atom. The highest BCUT2D eigenvalue weighted by Gasteiger charge is 2.57. The van der Waals surface area contributed by atoms with Gasteiger partial charge in [0.25, 0.3) is 0 Å². The zero-order chi connectivity index (χ0) is 14.4. The summed E-state index contributed by atoms with van der Waals surface area (Å²) in [5, 5.41) is 9.33. The molecule has 2 fully saturated rings. The van der Waals surface area contributed by atoms with Crippen molar-refractivity contribution in [1.29, 1.82) is 0 Å². The molecule has 4 heteroatoms. The lowest BCUT2D eigenvalue weighted by Crippen LogP contribution is -2.48. The van der Waals surface area contributed by atoms with Crippen molar-refractivity contribution < 1.29 is 19.4 Å². The molecule has 0 heterocycles. The minimum atomic E-state index is -0.961. The fourth-order valence-corrected chi connectivity index (χ4v) is 3.83. The number of hydrogen-bond acceptors (Lipinski definition) is 3. The molecule has 19 heavy (non-hydrogen) atoms. The quantitative estimate of drug-likeness (QED) is 0.782. The Kier molecular flexibility index (Phi) is 3.50. The highest BCUT2D eigenvalue weighted by Crippen LogP contribution is 2.55. The average molecular weight is 268 g/mol. The van der Waals surface area contributed by atoms with Crippen LogP contribution >= 0.6 is 0 Å². The summed E-state index contributed by atoms with van der Waals surface area (Å²) in [4.78, 5) is 23.3. The summed E-state index contributed by atoms with van der Waals surface area (Å²) in [6.45, 7) is 8.16. The fourth-order valence-electron chi connectivity index (χ4n) is 3.83. The van der Waals surface area contributed by atoms with Crippen molar-refractivity contribution in [1.82, 2.24) is 0 Å². The lowest BCUT2D eigenvalue weighted by molar-refractivity contribution is -0.160. The van der Waals surface area contributed by atoms with Gasteiger partial charge in [-0.05, 0) is 51.4 Å². The van der Waals surface area contributed by atoms with E-state index in [4.69, 9.17) is 4.74 Å². The van der Waals surface area contributed by atoms with Gasteiger partial charge in [-0.2, -0.15) is 0 Å². The highest BCUT2D eigenvalue weighted by atomic mass is 16.5. The molecule has 2 saturated carbocycles. The Hall–Kier alpha value is -0.900. The highest BCUT2D eigenvalue weighted by molar-refractivity contribution is 5.99. The molecule has 0 aromatic heterocycles. The minimum Gasteiger partial charge on any atom is -0.481 e. The molecular formula is C15H24O4. The van der Waals surface area contributed by atoms with E-state index in [0.29, 0.717) is 6.42 Å². The predicted octanol–water partition coefficient (Wildman–Crippen LogP) is 2.65. The summed E-state index contributed by atoms with van der Waals surface area (Å²) in [7, 11) is 0. The van der Waals surface area contributed by atoms with Crippen LogP contribution in [0.25, 0.3) is 0 Å². The first-order valence-corrected chi connectivity index (χ1v) is 7.08. The molecular weight excluding hydrogens is 244 g/mol. The maximum absolute atomic E-state index is 11.9. The van der Waals surface area contributed by atoms with E-state index >= 15 is 0 Å². The van der Waals surface area contributed by atoms with Crippen molar-refractivity contribution in [2.45, 2.75) is 65.1 Å². The second-order valence-electron chi connectivity index (χ2n) is 7.19. The van der Waals surface area contributed by atoms with Gasteiger partial charge in [0.1, 0.15) is 11.7 Å². The van der Waals surface area contributed by atoms with E-state index in [-0.39, 0.29) is 28.8 Å². The molecule has 0 bridgehead atoms. The van der Waals surface area contributed by atoms with Crippen LogP contribution in [0.3, 0.4) is 0 Å². The van der Waals surface area contributed by atoms with Crippen molar-refractivity contribution in [2.75, 3.05) is 0 Å². The minimum absolute atomic E-state index is 0.0625. The standard InChI is InChI=1S/C15H24O4/c1-14(2,3)19-11-6-5-9-12(13(17)18)10(16)7-8-15(9,11)4/h9,11-12H,5-8H2,1-4H3,(H,17,18)/t9-,11-,12-,15-/m1/s1. The van der Waals surface area contributed by atoms with Crippen molar-refractivity contribution in [3.8, 4) is 0 Å². The maximum atomic E-state index is 11.9. The molecule has 0 spiro atoms. The zero-order valence-electron chi connectivity index (χ0n) is 12.2. The van der Waals surface area contributed by atoms with Gasteiger partial charge in [0.05, 0.1) is 11.7 Å². The van der Waals surface area contributed by atoms with Gasteiger partial charge in [0.15, 0.2) is 0 Å². The van der Waals surface area contributed by atoms with Crippen LogP contribution in [0.15, 0.2) is 0 Å². The number of ether oxygens (including phenoxy) is 1. The number of fused-ring (bicyclic) bond motifs is 1. The van der Waals surface area contributed by atoms with Gasteiger partial charge in [0, 0.05) is 6.42 Å². The van der Waals surface area contributed by atoms with Gasteiger partial charge < -0.3 is 9.84 Å². The molecule has 0 aliphatic heterocycles. The Bertz CT molecular complexity index is 395. The number of carbonyl (C=O) groups is 2. The van der Waals surface area contributed by atoms with E-state index in [9.17, 15) is 14.7 Å². The average Bonchev–Trinajstić information content (AvgIpc) is 2.54. The van der Waals surface area contributed by atoms with Crippen LogP contribution in [-0.2, 0) is 14.3 Å². The molecule has 2 aliphatic rings. The van der Waals surface area contributed by atoms with Gasteiger partial charge in [0.2, 0.25) is 0 Å². The molecule has 0 aromatic rings. The molecule has 0 radical (unpaired) electrons. The summed E-state index contributed by atoms with van der Waals surface area (Å²) < 4.78 is 6.13. The van der Waals surface area contributed by atoms with Crippen LogP contribution in [0.4, 0.5) is 0 Å². The molecule has 1 N–H and O–H groups in total. The number of carbonyl (C=O) groups excluding carboxylic acids is 1. The number of ketones is 1. The topological polar surface area (TPSA) is 63.6 Å². The summed E-state index contributed by atoms with van der Waals surface area (Å²) in [5.41, 5.74) is -0.410. The van der Waals surface area contributed by atoms with E-state index < -0.39 is 11.9 Å². The number of carboxylic acid groups (broad SMARTS) is 1. The van der Waals surface area contributed by atoms with Crippen LogP contribution in [0, 0.1) is 17.3 Å². The number of Topliss-reactive ketones (excluding diaryl/α,β-unsaturated/α-hetero) is 1. The largest absolute Gasteiger partial charge is 0.481 e. The van der Waals surface area contributed by atoms with E-state index in [1.807, 2.05) is 20.8 Å². The number of aliphatic carboxylic acids is 1. The van der Waals surface area contributed by atoms with Crippen molar-refractivity contribution in [2.24, 2.45) is 17.3 Å². The molecule has 0 saturated heterocycles. The van der Waals surface area contributed by atoms with Crippen LogP contribution in [0.1, 0.15) is 53.4 Å². The van der Waals surface area contributed by atoms with Gasteiger partial charge in [-0.1, -0.05) is 6.92 Å². The van der Waals surface area contributed by atoms with Gasteiger partial charge in [-0.3, -0.25) is 9.59 Å². The first kappa shape index (κ1) is 14.5. The summed E-state index contributed by atoms with van der Waals surface area (Å²) in [6.07, 6.45) is 2.82. The Morgan fingerprint density at radius 3 is 2.53 bits per heavy atom. The Labute approximate surface area is 114 Å². The molecule has 4 nitrogen and oxygen atoms in total. The smallest absolute Gasteiger partial charge is 0.314 e. The number of rotatable bonds is 2. The van der Waals surface area contributed by atoms with Crippen LogP contribution in [0.2, 0.25) is 0 Å². The van der Waals surface area contributed by atoms with Gasteiger partial charge in [-0.25, -0.2) is 0 Å². The maximum Gasteiger partial charge on any atom is 0.314 e. The van der Waals surface area contributed by atoms with Crippen molar-refractivity contribution in [3.63, 3.8) is 0 Å². The Balaban J connectivity index is 2.25. The van der Waals surface area contributed by atoms with Crippen LogP contribution in [-0.4, -0.2) is 28.6 Å². The van der Waals surface area contributed by atoms with Gasteiger partial charge >= 0.3 is 5.97 Å². The lowest BCUT2D eigenvalue weighted by Gasteiger charge is -2.44. The second-order valence-corrected chi connectivity index (χ2v) is 7.19. The summed E-state index contributed by atoms with van der Waals surface area (Å²) in [5.74, 6) is -1.96. The van der Waals surface area contributed by atoms with Crippen LogP contribution < -0.4 is 0 Å². The predicted molar refractivity (Wildman–Crippen MR) is 70.8 cm³/mol. The number of hydrogen-bond donors (Lipinski definition) is 1. The second kappa shape index (κ2) is 4.58. The van der Waals surface area contributed by atoms with Crippen LogP contribution in [0.5, 0.6) is 0 Å². The van der Waals surface area contributed by atoms with E-state index in [1.54, 1.807) is 0 Å². The molecule has 4 atom stereocenters. The SMILES string of the molecule is CC(C)(C)O[C@@H]1CC[C@@H]2[C@@H](C(=O)O)C(=O)CC[C@]21C. The molecule has 0 aromatic carbocycles. The Morgan fingerprint density at radius 1 is 1.37 bits per heavy atom. The molecule has 2 aliphatic carbocycles. The van der Waals surface area contributed by atoms with E-state index in [0.717, 1.165) is 19.3 Å². The van der Waals surface area contributed by atoms with Gasteiger partial charge in [-0.15, -0.1) is 0 Å². The normalized spacial score (nSPS) is 39.2. The lowest BCUT2D eigenvalue weighted by atomic mass is 9.63. The number of carboxylic acids is 1. The summed E-state index contributed by atoms with van der Waals surface area (Å²) >= 11 is 0. The van der Waals surface area contributed by atoms with Crippen molar-refractivity contribution in [3.05, 3.63) is 0 Å². The third-order valence-electron chi connectivity index (χ3n) is 4.74.